The monoisotopic (exact) mass is 163 g/mol. The molecule has 4 nitrogen and oxygen atoms in total. The molecular weight excluding hydrogens is 154 g/mol. The molecule has 0 bridgehead atoms. The molecule has 0 saturated carbocycles. The molecule has 0 fully saturated rings. The first-order valence-corrected chi connectivity index (χ1v) is 3.57. The number of aryl methyl sites for hydroxylation is 1. The van der Waals surface area contributed by atoms with Gasteiger partial charge in [-0.1, -0.05) is 0 Å². The van der Waals surface area contributed by atoms with E-state index in [1.807, 2.05) is 6.07 Å². The number of carbonyl (C=O) groups excluding carboxylic acids is 1. The molecular formula is C8H9N3O. The highest BCUT2D eigenvalue weighted by atomic mass is 16.1. The molecule has 12 heavy (non-hydrogen) atoms. The van der Waals surface area contributed by atoms with Crippen LogP contribution in [0.1, 0.15) is 17.3 Å². The topological polar surface area (TPSA) is 58.7 Å². The zero-order chi connectivity index (χ0) is 9.14. The van der Waals surface area contributed by atoms with Gasteiger partial charge in [0.05, 0.1) is 17.8 Å². The van der Waals surface area contributed by atoms with Crippen LogP contribution in [0.5, 0.6) is 0 Å². The molecule has 0 aliphatic heterocycles. The van der Waals surface area contributed by atoms with Gasteiger partial charge in [-0.2, -0.15) is 10.4 Å². The molecule has 0 spiro atoms. The summed E-state index contributed by atoms with van der Waals surface area (Å²) in [5, 5.41) is 12.3. The Morgan fingerprint density at radius 3 is 2.92 bits per heavy atom. The maximum Gasteiger partial charge on any atom is 0.182 e. The van der Waals surface area contributed by atoms with Crippen LogP contribution >= 0.6 is 0 Å². The molecule has 0 unspecified atom stereocenters. The molecule has 1 heterocycles. The van der Waals surface area contributed by atoms with E-state index in [0.717, 1.165) is 0 Å². The SMILES string of the molecule is C[C@H](C#N)C(=O)c1cnn(C)c1. The number of Topliss-reactive ketones (excluding diaryl/α,β-unsaturated/α-hetero) is 1. The minimum atomic E-state index is -0.589. The lowest BCUT2D eigenvalue weighted by atomic mass is 10.0. The number of rotatable bonds is 2. The summed E-state index contributed by atoms with van der Waals surface area (Å²) in [6, 6.07) is 1.89. The molecule has 1 aromatic rings. The number of nitriles is 1. The van der Waals surface area contributed by atoms with Crippen molar-refractivity contribution in [3.8, 4) is 6.07 Å². The molecule has 1 atom stereocenters. The van der Waals surface area contributed by atoms with Crippen molar-refractivity contribution >= 4 is 5.78 Å². The molecule has 1 rings (SSSR count). The average Bonchev–Trinajstić information content (AvgIpc) is 2.49. The van der Waals surface area contributed by atoms with Gasteiger partial charge in [0.1, 0.15) is 5.92 Å². The number of ketones is 1. The lowest BCUT2D eigenvalue weighted by Crippen LogP contribution is -2.07. The van der Waals surface area contributed by atoms with E-state index in [-0.39, 0.29) is 5.78 Å². The summed E-state index contributed by atoms with van der Waals surface area (Å²) in [7, 11) is 1.73. The van der Waals surface area contributed by atoms with Crippen LogP contribution in [0.3, 0.4) is 0 Å². The third-order valence-corrected chi connectivity index (χ3v) is 1.58. The van der Waals surface area contributed by atoms with Gasteiger partial charge in [0.2, 0.25) is 0 Å². The van der Waals surface area contributed by atoms with Gasteiger partial charge in [-0.05, 0) is 6.92 Å². The fourth-order valence-corrected chi connectivity index (χ4v) is 0.857. The van der Waals surface area contributed by atoms with Crippen molar-refractivity contribution < 1.29 is 4.79 Å². The van der Waals surface area contributed by atoms with Gasteiger partial charge >= 0.3 is 0 Å². The lowest BCUT2D eigenvalue weighted by Gasteiger charge is -1.95. The zero-order valence-corrected chi connectivity index (χ0v) is 6.98. The van der Waals surface area contributed by atoms with Gasteiger partial charge in [-0.15, -0.1) is 0 Å². The second-order valence-electron chi connectivity index (χ2n) is 2.62. The highest BCUT2D eigenvalue weighted by Crippen LogP contribution is 2.05. The summed E-state index contributed by atoms with van der Waals surface area (Å²) >= 11 is 0. The first-order chi connectivity index (χ1) is 5.65. The van der Waals surface area contributed by atoms with Gasteiger partial charge in [0, 0.05) is 13.2 Å². The van der Waals surface area contributed by atoms with Crippen LogP contribution in [-0.2, 0) is 7.05 Å². The molecule has 0 saturated heterocycles. The van der Waals surface area contributed by atoms with E-state index in [0.29, 0.717) is 5.56 Å². The van der Waals surface area contributed by atoms with E-state index < -0.39 is 5.92 Å². The Labute approximate surface area is 70.4 Å². The number of nitrogens with zero attached hydrogens (tertiary/aromatic N) is 3. The van der Waals surface area contributed by atoms with Crippen molar-refractivity contribution in [2.24, 2.45) is 13.0 Å². The molecule has 0 aliphatic carbocycles. The fraction of sp³-hybridized carbons (Fsp3) is 0.375. The zero-order valence-electron chi connectivity index (χ0n) is 6.98. The second-order valence-corrected chi connectivity index (χ2v) is 2.62. The van der Waals surface area contributed by atoms with Crippen molar-refractivity contribution in [1.82, 2.24) is 9.78 Å². The van der Waals surface area contributed by atoms with Crippen molar-refractivity contribution in [3.63, 3.8) is 0 Å². The summed E-state index contributed by atoms with van der Waals surface area (Å²) in [6.07, 6.45) is 3.08. The second kappa shape index (κ2) is 3.18. The van der Waals surface area contributed by atoms with Crippen LogP contribution < -0.4 is 0 Å². The summed E-state index contributed by atoms with van der Waals surface area (Å²) in [4.78, 5) is 11.3. The largest absolute Gasteiger partial charge is 0.293 e. The number of hydrogen-bond donors (Lipinski definition) is 0. The normalized spacial score (nSPS) is 12.1. The minimum absolute atomic E-state index is 0.175. The third kappa shape index (κ3) is 1.51. The van der Waals surface area contributed by atoms with E-state index in [1.54, 1.807) is 20.2 Å². The van der Waals surface area contributed by atoms with Crippen LogP contribution in [0, 0.1) is 17.2 Å². The summed E-state index contributed by atoms with van der Waals surface area (Å²) in [6.45, 7) is 1.58. The van der Waals surface area contributed by atoms with E-state index >= 15 is 0 Å². The van der Waals surface area contributed by atoms with Gasteiger partial charge in [-0.3, -0.25) is 9.48 Å². The summed E-state index contributed by atoms with van der Waals surface area (Å²) in [5.41, 5.74) is 0.492. The van der Waals surface area contributed by atoms with E-state index in [4.69, 9.17) is 5.26 Å². The smallest absolute Gasteiger partial charge is 0.182 e. The molecule has 4 heteroatoms. The Kier molecular flexibility index (Phi) is 2.24. The van der Waals surface area contributed by atoms with Crippen molar-refractivity contribution in [2.75, 3.05) is 0 Å². The Morgan fingerprint density at radius 1 is 1.83 bits per heavy atom. The van der Waals surface area contributed by atoms with E-state index in [2.05, 4.69) is 5.10 Å². The van der Waals surface area contributed by atoms with Crippen LogP contribution in [0.4, 0.5) is 0 Å². The van der Waals surface area contributed by atoms with Crippen molar-refractivity contribution in [1.29, 1.82) is 5.26 Å². The number of hydrogen-bond acceptors (Lipinski definition) is 3. The van der Waals surface area contributed by atoms with Crippen molar-refractivity contribution in [2.45, 2.75) is 6.92 Å². The van der Waals surface area contributed by atoms with Gasteiger partial charge in [0.25, 0.3) is 0 Å². The maximum absolute atomic E-state index is 11.3. The molecule has 0 aromatic carbocycles. The highest BCUT2D eigenvalue weighted by molar-refractivity contribution is 5.98. The molecule has 0 amide bonds. The van der Waals surface area contributed by atoms with Crippen LogP contribution in [0.15, 0.2) is 12.4 Å². The lowest BCUT2D eigenvalue weighted by molar-refractivity contribution is 0.0956. The first-order valence-electron chi connectivity index (χ1n) is 3.57. The molecule has 1 aromatic heterocycles. The summed E-state index contributed by atoms with van der Waals surface area (Å²) in [5.74, 6) is -0.764. The van der Waals surface area contributed by atoms with Gasteiger partial charge < -0.3 is 0 Å². The van der Waals surface area contributed by atoms with Crippen molar-refractivity contribution in [3.05, 3.63) is 18.0 Å². The molecule has 62 valence electrons. The Morgan fingerprint density at radius 2 is 2.50 bits per heavy atom. The quantitative estimate of drug-likeness (QED) is 0.605. The Balaban J connectivity index is 2.87. The molecule has 0 aliphatic rings. The van der Waals surface area contributed by atoms with Crippen LogP contribution in [0.25, 0.3) is 0 Å². The molecule has 0 N–H and O–H groups in total. The maximum atomic E-state index is 11.3. The highest BCUT2D eigenvalue weighted by Gasteiger charge is 2.15. The predicted molar refractivity (Wildman–Crippen MR) is 42.3 cm³/mol. The number of aromatic nitrogens is 2. The third-order valence-electron chi connectivity index (χ3n) is 1.58. The standard InChI is InChI=1S/C8H9N3O/c1-6(3-9)8(12)7-4-10-11(2)5-7/h4-6H,1-2H3/t6-/m1/s1. The average molecular weight is 163 g/mol. The Bertz CT molecular complexity index is 334. The fourth-order valence-electron chi connectivity index (χ4n) is 0.857. The number of carbonyl (C=O) groups is 1. The van der Waals surface area contributed by atoms with Crippen LogP contribution in [-0.4, -0.2) is 15.6 Å². The first kappa shape index (κ1) is 8.47. The minimum Gasteiger partial charge on any atom is -0.293 e. The predicted octanol–water partition coefficient (Wildman–Crippen LogP) is 0.762. The van der Waals surface area contributed by atoms with Gasteiger partial charge in [-0.25, -0.2) is 0 Å². The summed E-state index contributed by atoms with van der Waals surface area (Å²) < 4.78 is 1.54. The van der Waals surface area contributed by atoms with Crippen LogP contribution in [0.2, 0.25) is 0 Å². The van der Waals surface area contributed by atoms with E-state index in [9.17, 15) is 4.79 Å². The Hall–Kier alpha value is -1.63. The van der Waals surface area contributed by atoms with Gasteiger partial charge in [0.15, 0.2) is 5.78 Å². The molecule has 0 radical (unpaired) electrons. The van der Waals surface area contributed by atoms with E-state index in [1.165, 1.54) is 10.9 Å².